The van der Waals surface area contributed by atoms with Gasteiger partial charge in [0.1, 0.15) is 5.69 Å². The summed E-state index contributed by atoms with van der Waals surface area (Å²) in [6.07, 6.45) is 3.91. The van der Waals surface area contributed by atoms with E-state index >= 15 is 0 Å². The van der Waals surface area contributed by atoms with Crippen LogP contribution in [0.15, 0.2) is 77.6 Å². The zero-order valence-corrected chi connectivity index (χ0v) is 17.2. The van der Waals surface area contributed by atoms with Gasteiger partial charge in [-0.2, -0.15) is 5.10 Å². The molecule has 2 heterocycles. The first-order chi connectivity index (χ1) is 14.7. The highest BCUT2D eigenvalue weighted by Gasteiger charge is 2.13. The maximum absolute atomic E-state index is 9.48. The molecule has 0 bridgehead atoms. The van der Waals surface area contributed by atoms with Crippen LogP contribution in [-0.2, 0) is 19.6 Å². The smallest absolute Gasteiger partial charge is 0.151 e. The molecular weight excluding hydrogens is 400 g/mol. The molecule has 0 unspecified atom stereocenters. The largest absolute Gasteiger partial charge is 0.395 e. The van der Waals surface area contributed by atoms with E-state index in [9.17, 15) is 5.11 Å². The van der Waals surface area contributed by atoms with Crippen LogP contribution in [0.4, 0.5) is 0 Å². The van der Waals surface area contributed by atoms with Crippen molar-refractivity contribution in [3.8, 4) is 11.3 Å². The Labute approximate surface area is 180 Å². The van der Waals surface area contributed by atoms with Crippen molar-refractivity contribution in [3.05, 3.63) is 95.0 Å². The van der Waals surface area contributed by atoms with Crippen molar-refractivity contribution in [1.82, 2.24) is 19.8 Å². The van der Waals surface area contributed by atoms with E-state index in [0.29, 0.717) is 24.7 Å². The maximum atomic E-state index is 9.48. The van der Waals surface area contributed by atoms with E-state index in [-0.39, 0.29) is 6.61 Å². The topological polar surface area (TPSA) is 67.3 Å². The average Bonchev–Trinajstić information content (AvgIpc) is 3.39. The third kappa shape index (κ3) is 5.36. The monoisotopic (exact) mass is 422 g/mol. The number of halogens is 1. The Balaban J connectivity index is 1.40. The Morgan fingerprint density at radius 1 is 1.00 bits per heavy atom. The molecule has 0 spiro atoms. The van der Waals surface area contributed by atoms with Crippen LogP contribution in [0.25, 0.3) is 11.3 Å². The number of rotatable bonds is 9. The van der Waals surface area contributed by atoms with Crippen LogP contribution >= 0.6 is 11.6 Å². The SMILES string of the molecule is OCCN(Cc1cnn(Cc2ccccc2)c1)Cc1cc(-c2ccc(Cl)cc2)no1. The fourth-order valence-electron chi connectivity index (χ4n) is 3.32. The van der Waals surface area contributed by atoms with Crippen molar-refractivity contribution >= 4 is 11.6 Å². The highest BCUT2D eigenvalue weighted by Crippen LogP contribution is 2.22. The highest BCUT2D eigenvalue weighted by atomic mass is 35.5. The molecule has 30 heavy (non-hydrogen) atoms. The summed E-state index contributed by atoms with van der Waals surface area (Å²) < 4.78 is 7.45. The number of aromatic nitrogens is 3. The molecule has 0 aliphatic rings. The predicted octanol–water partition coefficient (Wildman–Crippen LogP) is 4.23. The van der Waals surface area contributed by atoms with E-state index in [1.807, 2.05) is 65.6 Å². The number of aliphatic hydroxyl groups is 1. The van der Waals surface area contributed by atoms with Crippen LogP contribution < -0.4 is 0 Å². The minimum Gasteiger partial charge on any atom is -0.395 e. The summed E-state index contributed by atoms with van der Waals surface area (Å²) in [6.45, 7) is 2.53. The molecule has 0 saturated heterocycles. The molecular formula is C23H23ClN4O2. The summed E-state index contributed by atoms with van der Waals surface area (Å²) in [5.41, 5.74) is 4.00. The summed E-state index contributed by atoms with van der Waals surface area (Å²) in [6, 6.07) is 19.6. The molecule has 154 valence electrons. The van der Waals surface area contributed by atoms with Crippen molar-refractivity contribution < 1.29 is 9.63 Å². The van der Waals surface area contributed by atoms with Crippen LogP contribution in [0, 0.1) is 0 Å². The van der Waals surface area contributed by atoms with Crippen LogP contribution in [0.2, 0.25) is 5.02 Å². The summed E-state index contributed by atoms with van der Waals surface area (Å²) in [5, 5.41) is 18.8. The zero-order valence-electron chi connectivity index (χ0n) is 16.5. The molecule has 0 aliphatic carbocycles. The first-order valence-corrected chi connectivity index (χ1v) is 10.2. The van der Waals surface area contributed by atoms with Gasteiger partial charge < -0.3 is 9.63 Å². The van der Waals surface area contributed by atoms with Gasteiger partial charge in [0.05, 0.1) is 25.9 Å². The number of benzene rings is 2. The van der Waals surface area contributed by atoms with E-state index in [1.54, 1.807) is 0 Å². The summed E-state index contributed by atoms with van der Waals surface area (Å²) in [4.78, 5) is 2.11. The average molecular weight is 423 g/mol. The number of hydrogen-bond donors (Lipinski definition) is 1. The molecule has 0 fully saturated rings. The molecule has 0 amide bonds. The standard InChI is InChI=1S/C23H23ClN4O2/c24-21-8-6-20(7-9-21)23-12-22(30-26-23)17-27(10-11-29)14-19-13-25-28(16-19)15-18-4-2-1-3-5-18/h1-9,12-13,16,29H,10-11,14-15,17H2. The van der Waals surface area contributed by atoms with Crippen LogP contribution in [0.5, 0.6) is 0 Å². The molecule has 0 radical (unpaired) electrons. The van der Waals surface area contributed by atoms with Gasteiger partial charge in [0.2, 0.25) is 0 Å². The Bertz CT molecular complexity index is 1060. The Morgan fingerprint density at radius 2 is 1.80 bits per heavy atom. The fourth-order valence-corrected chi connectivity index (χ4v) is 3.45. The van der Waals surface area contributed by atoms with Crippen molar-refractivity contribution in [3.63, 3.8) is 0 Å². The highest BCUT2D eigenvalue weighted by molar-refractivity contribution is 6.30. The quantitative estimate of drug-likeness (QED) is 0.437. The Kier molecular flexibility index (Phi) is 6.59. The van der Waals surface area contributed by atoms with Crippen LogP contribution in [0.3, 0.4) is 0 Å². The molecule has 4 rings (SSSR count). The Morgan fingerprint density at radius 3 is 2.57 bits per heavy atom. The molecule has 2 aromatic carbocycles. The molecule has 7 heteroatoms. The summed E-state index contributed by atoms with van der Waals surface area (Å²) in [5.74, 6) is 0.741. The van der Waals surface area contributed by atoms with Crippen molar-refractivity contribution in [2.24, 2.45) is 0 Å². The van der Waals surface area contributed by atoms with Crippen LogP contribution in [0.1, 0.15) is 16.9 Å². The van der Waals surface area contributed by atoms with Gasteiger partial charge >= 0.3 is 0 Å². The van der Waals surface area contributed by atoms with Crippen molar-refractivity contribution in [2.75, 3.05) is 13.2 Å². The molecule has 6 nitrogen and oxygen atoms in total. The van der Waals surface area contributed by atoms with E-state index in [0.717, 1.165) is 29.1 Å². The molecule has 0 atom stereocenters. The lowest BCUT2D eigenvalue weighted by atomic mass is 10.1. The van der Waals surface area contributed by atoms with Gasteiger partial charge in [-0.25, -0.2) is 0 Å². The Hall–Kier alpha value is -2.93. The van der Waals surface area contributed by atoms with Gasteiger partial charge in [0.15, 0.2) is 5.76 Å². The van der Waals surface area contributed by atoms with E-state index in [2.05, 4.69) is 27.3 Å². The first kappa shape index (κ1) is 20.3. The zero-order chi connectivity index (χ0) is 20.8. The number of aliphatic hydroxyl groups excluding tert-OH is 1. The lowest BCUT2D eigenvalue weighted by molar-refractivity contribution is 0.170. The number of nitrogens with zero attached hydrogens (tertiary/aromatic N) is 4. The van der Waals surface area contributed by atoms with Gasteiger partial charge in [-0.3, -0.25) is 9.58 Å². The van der Waals surface area contributed by atoms with Gasteiger partial charge in [-0.1, -0.05) is 59.2 Å². The van der Waals surface area contributed by atoms with Crippen molar-refractivity contribution in [2.45, 2.75) is 19.6 Å². The van der Waals surface area contributed by atoms with E-state index in [1.165, 1.54) is 5.56 Å². The normalized spacial score (nSPS) is 11.3. The predicted molar refractivity (Wildman–Crippen MR) is 116 cm³/mol. The van der Waals surface area contributed by atoms with Crippen LogP contribution in [-0.4, -0.2) is 38.1 Å². The van der Waals surface area contributed by atoms with E-state index in [4.69, 9.17) is 16.1 Å². The van der Waals surface area contributed by atoms with Gasteiger partial charge in [0, 0.05) is 41.5 Å². The molecule has 0 saturated carbocycles. The second-order valence-corrected chi connectivity index (χ2v) is 7.59. The fraction of sp³-hybridized carbons (Fsp3) is 0.217. The summed E-state index contributed by atoms with van der Waals surface area (Å²) in [7, 11) is 0. The lowest BCUT2D eigenvalue weighted by Gasteiger charge is -2.18. The first-order valence-electron chi connectivity index (χ1n) is 9.79. The lowest BCUT2D eigenvalue weighted by Crippen LogP contribution is -2.25. The van der Waals surface area contributed by atoms with E-state index < -0.39 is 0 Å². The maximum Gasteiger partial charge on any atom is 0.151 e. The number of hydrogen-bond acceptors (Lipinski definition) is 5. The summed E-state index contributed by atoms with van der Waals surface area (Å²) >= 11 is 5.95. The minimum atomic E-state index is 0.0658. The van der Waals surface area contributed by atoms with Crippen molar-refractivity contribution in [1.29, 1.82) is 0 Å². The van der Waals surface area contributed by atoms with Gasteiger partial charge in [-0.05, 0) is 17.7 Å². The molecule has 0 aliphatic heterocycles. The van der Waals surface area contributed by atoms with Gasteiger partial charge in [0.25, 0.3) is 0 Å². The molecule has 2 aromatic heterocycles. The molecule has 1 N–H and O–H groups in total. The third-order valence-electron chi connectivity index (χ3n) is 4.77. The second kappa shape index (κ2) is 9.71. The molecule has 4 aromatic rings. The third-order valence-corrected chi connectivity index (χ3v) is 5.03. The second-order valence-electron chi connectivity index (χ2n) is 7.15. The minimum absolute atomic E-state index is 0.0658. The van der Waals surface area contributed by atoms with Gasteiger partial charge in [-0.15, -0.1) is 0 Å².